The minimum Gasteiger partial charge on any atom is -0.507 e. The van der Waals surface area contributed by atoms with E-state index in [1.165, 1.54) is 25.3 Å². The molecule has 0 fully saturated rings. The second-order valence-corrected chi connectivity index (χ2v) is 5.91. The number of hydrogen-bond acceptors (Lipinski definition) is 6. The van der Waals surface area contributed by atoms with Gasteiger partial charge in [-0.25, -0.2) is 0 Å². The second-order valence-electron chi connectivity index (χ2n) is 5.91. The fraction of sp³-hybridized carbons (Fsp3) is 0.222. The van der Waals surface area contributed by atoms with Gasteiger partial charge in [-0.3, -0.25) is 9.59 Å². The number of carbonyl (C=O) groups excluding carboxylic acids is 2. The molecule has 0 heterocycles. The van der Waals surface area contributed by atoms with Crippen molar-refractivity contribution in [2.75, 3.05) is 7.11 Å². The summed E-state index contributed by atoms with van der Waals surface area (Å²) in [6, 6.07) is 4.17. The van der Waals surface area contributed by atoms with Gasteiger partial charge in [-0.1, -0.05) is 26.0 Å². The van der Waals surface area contributed by atoms with Crippen LogP contribution in [-0.2, 0) is 0 Å². The van der Waals surface area contributed by atoms with E-state index in [0.717, 1.165) is 0 Å². The summed E-state index contributed by atoms with van der Waals surface area (Å²) >= 11 is 0. The molecule has 2 aromatic rings. The lowest BCUT2D eigenvalue weighted by Gasteiger charge is -2.25. The van der Waals surface area contributed by atoms with Crippen molar-refractivity contribution in [3.05, 3.63) is 46.0 Å². The molecule has 1 aliphatic rings. The Morgan fingerprint density at radius 2 is 1.58 bits per heavy atom. The van der Waals surface area contributed by atoms with E-state index in [1.807, 2.05) is 0 Å². The van der Waals surface area contributed by atoms with Crippen LogP contribution < -0.4 is 4.74 Å². The van der Waals surface area contributed by atoms with Crippen LogP contribution in [0, 0.1) is 0 Å². The van der Waals surface area contributed by atoms with Gasteiger partial charge in [0.2, 0.25) is 5.78 Å². The predicted molar refractivity (Wildman–Crippen MR) is 85.4 cm³/mol. The van der Waals surface area contributed by atoms with E-state index >= 15 is 0 Å². The molecule has 0 bridgehead atoms. The van der Waals surface area contributed by atoms with Crippen LogP contribution in [0.15, 0.2) is 18.2 Å². The van der Waals surface area contributed by atoms with E-state index in [9.17, 15) is 24.9 Å². The number of phenols is 3. The Kier molecular flexibility index (Phi) is 3.48. The monoisotopic (exact) mass is 328 g/mol. The van der Waals surface area contributed by atoms with Gasteiger partial charge < -0.3 is 20.1 Å². The normalized spacial score (nSPS) is 13.0. The largest absolute Gasteiger partial charge is 0.507 e. The average Bonchev–Trinajstić information content (AvgIpc) is 2.53. The number of phenolic OH excluding ortho intramolecular Hbond substituents is 3. The predicted octanol–water partition coefficient (Wildman–Crippen LogP) is 2.71. The second kappa shape index (κ2) is 5.26. The zero-order chi connectivity index (χ0) is 17.8. The number of carbonyl (C=O) groups is 2. The van der Waals surface area contributed by atoms with Gasteiger partial charge in [-0.15, -0.1) is 0 Å². The summed E-state index contributed by atoms with van der Waals surface area (Å²) in [5.41, 5.74) is -0.361. The number of ether oxygens (including phenoxy) is 1. The number of rotatable bonds is 2. The summed E-state index contributed by atoms with van der Waals surface area (Å²) in [5, 5.41) is 30.6. The number of hydrogen-bond donors (Lipinski definition) is 3. The maximum absolute atomic E-state index is 12.9. The Bertz CT molecular complexity index is 895. The van der Waals surface area contributed by atoms with Crippen LogP contribution in [-0.4, -0.2) is 34.0 Å². The molecule has 0 spiro atoms. The average molecular weight is 328 g/mol. The maximum Gasteiger partial charge on any atom is 0.202 e. The molecule has 0 unspecified atom stereocenters. The van der Waals surface area contributed by atoms with E-state index in [0.29, 0.717) is 0 Å². The highest BCUT2D eigenvalue weighted by molar-refractivity contribution is 6.31. The van der Waals surface area contributed by atoms with Crippen molar-refractivity contribution >= 4 is 11.6 Å². The molecule has 0 saturated heterocycles. The molecule has 0 saturated carbocycles. The van der Waals surface area contributed by atoms with Gasteiger partial charge in [-0.05, 0) is 12.0 Å². The molecular formula is C18H16O6. The van der Waals surface area contributed by atoms with Gasteiger partial charge in [0, 0.05) is 11.1 Å². The Morgan fingerprint density at radius 1 is 0.917 bits per heavy atom. The summed E-state index contributed by atoms with van der Waals surface area (Å²) < 4.78 is 5.30. The van der Waals surface area contributed by atoms with Gasteiger partial charge in [0.25, 0.3) is 0 Å². The highest BCUT2D eigenvalue weighted by Crippen LogP contribution is 2.49. The van der Waals surface area contributed by atoms with Crippen LogP contribution in [0.3, 0.4) is 0 Å². The molecule has 0 radical (unpaired) electrons. The minimum absolute atomic E-state index is 0.0330. The lowest BCUT2D eigenvalue weighted by Crippen LogP contribution is -2.23. The number of aromatic hydroxyl groups is 3. The molecular weight excluding hydrogens is 312 g/mol. The zero-order valence-electron chi connectivity index (χ0n) is 13.4. The third-order valence-corrected chi connectivity index (χ3v) is 4.19. The maximum atomic E-state index is 12.9. The first-order chi connectivity index (χ1) is 11.3. The molecule has 0 amide bonds. The summed E-state index contributed by atoms with van der Waals surface area (Å²) in [6.07, 6.45) is 0. The lowest BCUT2D eigenvalue weighted by atomic mass is 9.80. The lowest BCUT2D eigenvalue weighted by molar-refractivity contribution is 0.0970. The summed E-state index contributed by atoms with van der Waals surface area (Å²) in [5.74, 6) is -3.03. The summed E-state index contributed by atoms with van der Waals surface area (Å²) in [4.78, 5) is 25.6. The zero-order valence-corrected chi connectivity index (χ0v) is 13.4. The Morgan fingerprint density at radius 3 is 2.17 bits per heavy atom. The molecule has 1 aliphatic carbocycles. The SMILES string of the molecule is COc1c2c(c(O)c(O)c1C(C)C)C(=O)c1c(O)cccc1C2=O. The Balaban J connectivity index is 2.47. The van der Waals surface area contributed by atoms with E-state index in [1.54, 1.807) is 13.8 Å². The topological polar surface area (TPSA) is 104 Å². The van der Waals surface area contributed by atoms with Crippen LogP contribution in [0.1, 0.15) is 57.2 Å². The first kappa shape index (κ1) is 15.9. The first-order valence-corrected chi connectivity index (χ1v) is 7.38. The van der Waals surface area contributed by atoms with Crippen molar-refractivity contribution in [2.45, 2.75) is 19.8 Å². The van der Waals surface area contributed by atoms with Crippen molar-refractivity contribution < 1.29 is 29.6 Å². The number of methoxy groups -OCH3 is 1. The number of benzene rings is 2. The van der Waals surface area contributed by atoms with Crippen LogP contribution in [0.4, 0.5) is 0 Å². The third-order valence-electron chi connectivity index (χ3n) is 4.19. The number of ketones is 2. The van der Waals surface area contributed by atoms with Crippen molar-refractivity contribution in [1.29, 1.82) is 0 Å². The molecule has 3 N–H and O–H groups in total. The molecule has 3 rings (SSSR count). The van der Waals surface area contributed by atoms with Crippen molar-refractivity contribution in [3.8, 4) is 23.0 Å². The fourth-order valence-electron chi connectivity index (χ4n) is 3.13. The van der Waals surface area contributed by atoms with Crippen molar-refractivity contribution in [1.82, 2.24) is 0 Å². The highest BCUT2D eigenvalue weighted by atomic mass is 16.5. The van der Waals surface area contributed by atoms with Crippen LogP contribution in [0.2, 0.25) is 0 Å². The Hall–Kier alpha value is -3.02. The third kappa shape index (κ3) is 1.89. The summed E-state index contributed by atoms with van der Waals surface area (Å²) in [7, 11) is 1.33. The van der Waals surface area contributed by atoms with E-state index in [4.69, 9.17) is 4.74 Å². The molecule has 0 aliphatic heterocycles. The summed E-state index contributed by atoms with van der Waals surface area (Å²) in [6.45, 7) is 3.52. The van der Waals surface area contributed by atoms with Crippen molar-refractivity contribution in [3.63, 3.8) is 0 Å². The molecule has 2 aromatic carbocycles. The van der Waals surface area contributed by atoms with Crippen LogP contribution in [0.5, 0.6) is 23.0 Å². The standard InChI is InChI=1S/C18H16O6/c1-7(2)10-16(22)17(23)12-13(18(10)24-3)14(20)8-5-4-6-9(19)11(8)15(12)21/h4-7,19,22-23H,1-3H3. The quantitative estimate of drug-likeness (QED) is 0.625. The van der Waals surface area contributed by atoms with E-state index in [-0.39, 0.29) is 45.2 Å². The minimum atomic E-state index is -0.737. The number of fused-ring (bicyclic) bond motifs is 2. The first-order valence-electron chi connectivity index (χ1n) is 7.38. The molecule has 0 aromatic heterocycles. The Labute approximate surface area is 137 Å². The molecule has 24 heavy (non-hydrogen) atoms. The van der Waals surface area contributed by atoms with Gasteiger partial charge in [0.05, 0.1) is 23.8 Å². The van der Waals surface area contributed by atoms with Gasteiger partial charge in [-0.2, -0.15) is 0 Å². The molecule has 6 heteroatoms. The van der Waals surface area contributed by atoms with E-state index in [2.05, 4.69) is 0 Å². The van der Waals surface area contributed by atoms with Gasteiger partial charge in [0.1, 0.15) is 11.5 Å². The van der Waals surface area contributed by atoms with Crippen LogP contribution in [0.25, 0.3) is 0 Å². The van der Waals surface area contributed by atoms with E-state index < -0.39 is 23.1 Å². The van der Waals surface area contributed by atoms with Gasteiger partial charge in [0.15, 0.2) is 17.3 Å². The van der Waals surface area contributed by atoms with Gasteiger partial charge >= 0.3 is 0 Å². The molecule has 0 atom stereocenters. The fourth-order valence-corrected chi connectivity index (χ4v) is 3.13. The smallest absolute Gasteiger partial charge is 0.202 e. The highest BCUT2D eigenvalue weighted by Gasteiger charge is 2.40. The van der Waals surface area contributed by atoms with Crippen LogP contribution >= 0.6 is 0 Å². The molecule has 6 nitrogen and oxygen atoms in total. The van der Waals surface area contributed by atoms with Crippen molar-refractivity contribution in [2.24, 2.45) is 0 Å². The molecule has 124 valence electrons.